The highest BCUT2D eigenvalue weighted by Gasteiger charge is 2.69. The van der Waals surface area contributed by atoms with E-state index in [2.05, 4.69) is 10.6 Å². The molecule has 444 valence electrons. The summed E-state index contributed by atoms with van der Waals surface area (Å²) < 4.78 is 145. The van der Waals surface area contributed by atoms with Crippen molar-refractivity contribution in [1.29, 1.82) is 0 Å². The lowest BCUT2D eigenvalue weighted by Crippen LogP contribution is -2.62. The van der Waals surface area contributed by atoms with Crippen LogP contribution in [-0.2, 0) is 85.8 Å². The summed E-state index contributed by atoms with van der Waals surface area (Å²) in [7, 11) is 5.95. The molecular formula is C49H74F8N2O18. The second-order valence-corrected chi connectivity index (χ2v) is 20.9. The summed E-state index contributed by atoms with van der Waals surface area (Å²) >= 11 is 0. The number of hydrogen-bond donors (Lipinski definition) is 2. The number of rotatable bonds is 19. The van der Waals surface area contributed by atoms with E-state index in [1.54, 1.807) is 55.4 Å². The van der Waals surface area contributed by atoms with Crippen LogP contribution >= 0.6 is 0 Å². The minimum Gasteiger partial charge on any atom is -0.462 e. The molecule has 5 fully saturated rings. The van der Waals surface area contributed by atoms with Crippen molar-refractivity contribution in [3.8, 4) is 0 Å². The fourth-order valence-electron chi connectivity index (χ4n) is 8.43. The summed E-state index contributed by atoms with van der Waals surface area (Å²) in [5.41, 5.74) is -6.72. The molecule has 0 aromatic heterocycles. The van der Waals surface area contributed by atoms with Crippen LogP contribution in [0.4, 0.5) is 35.1 Å². The largest absolute Gasteiger partial charge is 0.462 e. The SMILES string of the molecule is CC(C)OC(=O)C1(C(F)F)CC(F)(F)C1.CC(C)OC(=O)C1(C=O)CC(=O)C1.COC1(OC)CC(C(=O)OC(C)C)(C(=O)OC(C)C)C1.COC1(OC)CC(C=O)(C(=O)OC(C)C)C1.NNC(=O)C1(C(F)F)CC(F)(F)C1. The maximum atomic E-state index is 12.6. The van der Waals surface area contributed by atoms with Gasteiger partial charge < -0.3 is 52.2 Å². The number of carbonyl (C=O) groups excluding carboxylic acids is 9. The van der Waals surface area contributed by atoms with Crippen LogP contribution in [0.3, 0.4) is 0 Å². The van der Waals surface area contributed by atoms with Gasteiger partial charge in [0.2, 0.25) is 5.91 Å². The smallest absolute Gasteiger partial charge is 0.324 e. The molecule has 0 unspecified atom stereocenters. The Bertz CT molecular complexity index is 2010. The highest BCUT2D eigenvalue weighted by molar-refractivity contribution is 6.08. The Morgan fingerprint density at radius 3 is 1.01 bits per heavy atom. The first-order chi connectivity index (χ1) is 35.2. The average Bonchev–Trinajstić information content (AvgIpc) is 3.25. The first-order valence-electron chi connectivity index (χ1n) is 24.2. The molecule has 5 rings (SSSR count). The Balaban J connectivity index is 0.000000486. The number of halogens is 8. The minimum absolute atomic E-state index is 0.00204. The highest BCUT2D eigenvalue weighted by atomic mass is 19.3. The maximum Gasteiger partial charge on any atom is 0.324 e. The van der Waals surface area contributed by atoms with E-state index >= 15 is 0 Å². The number of ether oxygens (including phenoxy) is 9. The molecular weight excluding hydrogens is 1060 g/mol. The van der Waals surface area contributed by atoms with Crippen LogP contribution in [-0.4, -0.2) is 149 Å². The number of nitrogens with two attached hydrogens (primary N) is 1. The first-order valence-corrected chi connectivity index (χ1v) is 24.2. The van der Waals surface area contributed by atoms with Gasteiger partial charge in [-0.1, -0.05) is 0 Å². The van der Waals surface area contributed by atoms with Crippen molar-refractivity contribution in [2.75, 3.05) is 28.4 Å². The zero-order chi connectivity index (χ0) is 60.1. The van der Waals surface area contributed by atoms with Gasteiger partial charge in [0, 0.05) is 92.6 Å². The molecule has 0 radical (unpaired) electrons. The summed E-state index contributed by atoms with van der Waals surface area (Å²) in [5, 5.41) is 0. The Kier molecular flexibility index (Phi) is 24.8. The van der Waals surface area contributed by atoms with Gasteiger partial charge in [0.25, 0.3) is 24.7 Å². The van der Waals surface area contributed by atoms with Gasteiger partial charge in [-0.05, 0) is 69.2 Å². The van der Waals surface area contributed by atoms with Crippen molar-refractivity contribution in [3.63, 3.8) is 0 Å². The maximum absolute atomic E-state index is 12.6. The van der Waals surface area contributed by atoms with Gasteiger partial charge in [0.1, 0.15) is 40.0 Å². The number of methoxy groups -OCH3 is 4. The second-order valence-electron chi connectivity index (χ2n) is 20.9. The lowest BCUT2D eigenvalue weighted by molar-refractivity contribution is -0.295. The molecule has 0 saturated heterocycles. The molecule has 0 aromatic carbocycles. The lowest BCUT2D eigenvalue weighted by Gasteiger charge is -2.50. The third-order valence-electron chi connectivity index (χ3n) is 12.7. The van der Waals surface area contributed by atoms with E-state index in [1.807, 2.05) is 0 Å². The van der Waals surface area contributed by atoms with Crippen LogP contribution in [0.25, 0.3) is 0 Å². The van der Waals surface area contributed by atoms with Crippen molar-refractivity contribution in [3.05, 3.63) is 0 Å². The van der Waals surface area contributed by atoms with Gasteiger partial charge in [0.15, 0.2) is 17.0 Å². The van der Waals surface area contributed by atoms with E-state index in [9.17, 15) is 78.3 Å². The number of amides is 1. The molecule has 5 aliphatic carbocycles. The van der Waals surface area contributed by atoms with Crippen LogP contribution in [0.5, 0.6) is 0 Å². The lowest BCUT2D eigenvalue weighted by atomic mass is 9.64. The summed E-state index contributed by atoms with van der Waals surface area (Å²) in [6.45, 7) is 16.8. The van der Waals surface area contributed by atoms with Crippen LogP contribution < -0.4 is 11.3 Å². The molecule has 20 nitrogen and oxygen atoms in total. The van der Waals surface area contributed by atoms with Crippen molar-refractivity contribution in [1.82, 2.24) is 5.43 Å². The number of carbonyl (C=O) groups is 9. The third-order valence-corrected chi connectivity index (χ3v) is 12.7. The normalized spacial score (nSPS) is 21.2. The molecule has 0 aromatic rings. The predicted molar refractivity (Wildman–Crippen MR) is 249 cm³/mol. The van der Waals surface area contributed by atoms with E-state index in [0.29, 0.717) is 12.6 Å². The van der Waals surface area contributed by atoms with E-state index < -0.39 is 131 Å². The summed E-state index contributed by atoms with van der Waals surface area (Å²) in [4.78, 5) is 102. The number of esters is 5. The molecule has 5 aliphatic rings. The highest BCUT2D eigenvalue weighted by Crippen LogP contribution is 2.57. The van der Waals surface area contributed by atoms with Gasteiger partial charge in [-0.15, -0.1) is 0 Å². The monoisotopic (exact) mass is 1130 g/mol. The third kappa shape index (κ3) is 17.0. The zero-order valence-electron chi connectivity index (χ0n) is 45.7. The molecule has 28 heteroatoms. The Morgan fingerprint density at radius 1 is 0.468 bits per heavy atom. The number of alkyl halides is 8. The fraction of sp³-hybridized carbons (Fsp3) is 0.816. The zero-order valence-corrected chi connectivity index (χ0v) is 45.7. The number of hydrogen-bond acceptors (Lipinski definition) is 19. The molecule has 1 amide bonds. The van der Waals surface area contributed by atoms with E-state index in [-0.39, 0.29) is 68.7 Å². The second kappa shape index (κ2) is 27.3. The molecule has 0 bridgehead atoms. The first kappa shape index (κ1) is 70.1. The van der Waals surface area contributed by atoms with Crippen molar-refractivity contribution >= 4 is 54.1 Å². The number of Topliss-reactive ketones (excluding diaryl/α,β-unsaturated/α-hetero) is 1. The molecule has 5 saturated carbocycles. The molecule has 0 heterocycles. The minimum atomic E-state index is -3.18. The standard InChI is InChI=1S/C14H24O6.C11H18O5.C9H12F4O2.C9H12O4.C6H8F4N2O/c1-9(2)19-11(15)13(12(16)20-10(3)4)7-14(8-13,17-5)18-6;1-8(2)16-9(13)10(7-12)5-11(6-10,14-3)15-4;1-5(2)15-7(14)8(6(10)11)3-9(12,13)4-8;1-6(2)13-8(12)9(5-10)3-7(11)4-9;7-3(8)5(4(13)12-11)1-6(9,10)2-5/h9-10H,7-8H2,1-6H3;7-8H,5-6H2,1-4H3;5-6H,3-4H2,1-2H3;5-6H,3-4H2,1-2H3;3H,1-2,11H2,(H,12,13). The summed E-state index contributed by atoms with van der Waals surface area (Å²) in [6.07, 6.45) is -10.6. The molecule has 0 atom stereocenters. The van der Waals surface area contributed by atoms with E-state index in [0.717, 1.165) is 0 Å². The average molecular weight is 1130 g/mol. The quantitative estimate of drug-likeness (QED) is 0.0165. The van der Waals surface area contributed by atoms with Gasteiger partial charge >= 0.3 is 29.8 Å². The van der Waals surface area contributed by atoms with Crippen molar-refractivity contribution < 1.29 is 121 Å². The van der Waals surface area contributed by atoms with Crippen LogP contribution in [0.2, 0.25) is 0 Å². The van der Waals surface area contributed by atoms with E-state index in [4.69, 9.17) is 37.9 Å². The number of hydrazine groups is 1. The van der Waals surface area contributed by atoms with Gasteiger partial charge in [-0.25, -0.2) is 41.0 Å². The van der Waals surface area contributed by atoms with Gasteiger partial charge in [-0.2, -0.15) is 0 Å². The topological polar surface area (TPSA) is 275 Å². The molecule has 0 spiro atoms. The molecule has 77 heavy (non-hydrogen) atoms. The predicted octanol–water partition coefficient (Wildman–Crippen LogP) is 6.33. The van der Waals surface area contributed by atoms with Crippen LogP contribution in [0.1, 0.15) is 133 Å². The number of nitrogens with one attached hydrogen (secondary N) is 1. The molecule has 0 aliphatic heterocycles. The van der Waals surface area contributed by atoms with Gasteiger partial charge in [0.05, 0.1) is 30.5 Å². The number of ketones is 1. The fourth-order valence-corrected chi connectivity index (χ4v) is 8.43. The van der Waals surface area contributed by atoms with Gasteiger partial charge in [-0.3, -0.25) is 39.0 Å². The van der Waals surface area contributed by atoms with E-state index in [1.165, 1.54) is 47.7 Å². The summed E-state index contributed by atoms with van der Waals surface area (Å²) in [5.74, 6) is -8.23. The van der Waals surface area contributed by atoms with Crippen molar-refractivity contribution in [2.45, 2.75) is 200 Å². The van der Waals surface area contributed by atoms with Crippen LogP contribution in [0, 0.1) is 27.1 Å². The Morgan fingerprint density at radius 2 is 0.753 bits per heavy atom. The van der Waals surface area contributed by atoms with Crippen LogP contribution in [0.15, 0.2) is 0 Å². The Labute approximate surface area is 441 Å². The number of aldehydes is 2. The molecule has 3 N–H and O–H groups in total. The van der Waals surface area contributed by atoms with Crippen molar-refractivity contribution in [2.24, 2.45) is 32.9 Å². The summed E-state index contributed by atoms with van der Waals surface area (Å²) in [6, 6.07) is 0. The Hall–Kier alpha value is -4.93.